The summed E-state index contributed by atoms with van der Waals surface area (Å²) < 4.78 is 0. The van der Waals surface area contributed by atoms with Crippen LogP contribution in [-0.4, -0.2) is 39.6 Å². The molecule has 4 rings (SSSR count). The first kappa shape index (κ1) is 19.5. The van der Waals surface area contributed by atoms with Crippen molar-refractivity contribution in [3.8, 4) is 16.6 Å². The number of anilines is 2. The van der Waals surface area contributed by atoms with Crippen molar-refractivity contribution < 1.29 is 9.59 Å². The minimum atomic E-state index is -0.590. The number of carbonyl (C=O) groups excluding carboxylic acids is 2. The number of nitrogens with zero attached hydrogens (tertiary/aromatic N) is 4. The molecule has 30 heavy (non-hydrogen) atoms. The summed E-state index contributed by atoms with van der Waals surface area (Å²) in [6.07, 6.45) is 1.30. The standard InChI is InChI=1S/C21H18N6O2S/c22-13-14-6-4-9-16(12-14)23-21(29)27-11-5-10-17(27)18(28)24-20-26-25-19(30-20)15-7-2-1-3-8-15/h1-4,6-9,12,17H,5,10-11H2,(H,23,29)(H,24,26,28). The van der Waals surface area contributed by atoms with Crippen molar-refractivity contribution in [2.24, 2.45) is 0 Å². The van der Waals surface area contributed by atoms with Gasteiger partial charge in [0.1, 0.15) is 11.0 Å². The van der Waals surface area contributed by atoms with E-state index in [1.807, 2.05) is 36.4 Å². The van der Waals surface area contributed by atoms with E-state index in [0.717, 1.165) is 12.0 Å². The third-order valence-electron chi connectivity index (χ3n) is 4.74. The molecule has 1 aliphatic rings. The van der Waals surface area contributed by atoms with Gasteiger partial charge in [0.05, 0.1) is 11.6 Å². The van der Waals surface area contributed by atoms with E-state index >= 15 is 0 Å². The molecule has 1 fully saturated rings. The Balaban J connectivity index is 1.41. The van der Waals surface area contributed by atoms with E-state index in [-0.39, 0.29) is 11.9 Å². The van der Waals surface area contributed by atoms with Gasteiger partial charge in [-0.1, -0.05) is 47.7 Å². The Labute approximate surface area is 177 Å². The third-order valence-corrected chi connectivity index (χ3v) is 5.62. The molecule has 1 aromatic heterocycles. The van der Waals surface area contributed by atoms with E-state index in [1.54, 1.807) is 24.3 Å². The van der Waals surface area contributed by atoms with Crippen LogP contribution in [0.15, 0.2) is 54.6 Å². The van der Waals surface area contributed by atoms with Gasteiger partial charge in [0.15, 0.2) is 0 Å². The summed E-state index contributed by atoms with van der Waals surface area (Å²) in [5.41, 5.74) is 1.90. The smallest absolute Gasteiger partial charge is 0.312 e. The Morgan fingerprint density at radius 1 is 1.10 bits per heavy atom. The molecule has 1 saturated heterocycles. The van der Waals surface area contributed by atoms with Crippen molar-refractivity contribution in [1.82, 2.24) is 15.1 Å². The first-order valence-electron chi connectivity index (χ1n) is 9.41. The van der Waals surface area contributed by atoms with Crippen LogP contribution in [0.4, 0.5) is 15.6 Å². The molecule has 0 saturated carbocycles. The lowest BCUT2D eigenvalue weighted by atomic mass is 10.2. The summed E-state index contributed by atoms with van der Waals surface area (Å²) in [6, 6.07) is 17.3. The summed E-state index contributed by atoms with van der Waals surface area (Å²) in [7, 11) is 0. The Morgan fingerprint density at radius 2 is 1.93 bits per heavy atom. The van der Waals surface area contributed by atoms with Crippen molar-refractivity contribution in [3.63, 3.8) is 0 Å². The highest BCUT2D eigenvalue weighted by atomic mass is 32.1. The number of aromatic nitrogens is 2. The fraction of sp³-hybridized carbons (Fsp3) is 0.190. The molecule has 0 aliphatic carbocycles. The zero-order valence-corrected chi connectivity index (χ0v) is 16.7. The summed E-state index contributed by atoms with van der Waals surface area (Å²) in [5.74, 6) is -0.288. The second-order valence-electron chi connectivity index (χ2n) is 6.74. The molecule has 8 nitrogen and oxygen atoms in total. The predicted octanol–water partition coefficient (Wildman–Crippen LogP) is 3.71. The van der Waals surface area contributed by atoms with E-state index in [4.69, 9.17) is 5.26 Å². The molecule has 1 atom stereocenters. The molecule has 2 heterocycles. The van der Waals surface area contributed by atoms with Gasteiger partial charge in [0.2, 0.25) is 11.0 Å². The predicted molar refractivity (Wildman–Crippen MR) is 114 cm³/mol. The van der Waals surface area contributed by atoms with Crippen molar-refractivity contribution in [1.29, 1.82) is 5.26 Å². The monoisotopic (exact) mass is 418 g/mol. The Kier molecular flexibility index (Phi) is 5.68. The average molecular weight is 418 g/mol. The molecule has 0 spiro atoms. The van der Waals surface area contributed by atoms with Crippen LogP contribution >= 0.6 is 11.3 Å². The molecular weight excluding hydrogens is 400 g/mol. The van der Waals surface area contributed by atoms with Crippen LogP contribution in [0.5, 0.6) is 0 Å². The average Bonchev–Trinajstić information content (AvgIpc) is 3.44. The number of nitriles is 1. The normalized spacial score (nSPS) is 15.4. The highest BCUT2D eigenvalue weighted by Crippen LogP contribution is 2.27. The fourth-order valence-corrected chi connectivity index (χ4v) is 4.06. The van der Waals surface area contributed by atoms with E-state index in [9.17, 15) is 9.59 Å². The lowest BCUT2D eigenvalue weighted by Gasteiger charge is -2.23. The maximum atomic E-state index is 12.8. The lowest BCUT2D eigenvalue weighted by Crippen LogP contribution is -2.45. The van der Waals surface area contributed by atoms with E-state index < -0.39 is 6.04 Å². The maximum absolute atomic E-state index is 12.8. The van der Waals surface area contributed by atoms with Gasteiger partial charge in [-0.25, -0.2) is 4.79 Å². The molecule has 2 N–H and O–H groups in total. The number of benzene rings is 2. The number of carbonyl (C=O) groups is 2. The van der Waals surface area contributed by atoms with Gasteiger partial charge in [-0.15, -0.1) is 10.2 Å². The highest BCUT2D eigenvalue weighted by molar-refractivity contribution is 7.18. The summed E-state index contributed by atoms with van der Waals surface area (Å²) in [6.45, 7) is 0.479. The molecule has 9 heteroatoms. The van der Waals surface area contributed by atoms with Crippen LogP contribution in [0.25, 0.3) is 10.6 Å². The van der Waals surface area contributed by atoms with Crippen molar-refractivity contribution in [2.75, 3.05) is 17.2 Å². The third kappa shape index (κ3) is 4.29. The van der Waals surface area contributed by atoms with Gasteiger partial charge >= 0.3 is 6.03 Å². The molecule has 1 aliphatic heterocycles. The maximum Gasteiger partial charge on any atom is 0.322 e. The van der Waals surface area contributed by atoms with Gasteiger partial charge in [0.25, 0.3) is 0 Å². The molecule has 3 aromatic rings. The van der Waals surface area contributed by atoms with Crippen LogP contribution in [0.3, 0.4) is 0 Å². The SMILES string of the molecule is N#Cc1cccc(NC(=O)N2CCCC2C(=O)Nc2nnc(-c3ccccc3)s2)c1. The van der Waals surface area contributed by atoms with Gasteiger partial charge < -0.3 is 10.2 Å². The number of nitrogens with one attached hydrogen (secondary N) is 2. The molecule has 2 aromatic carbocycles. The number of rotatable bonds is 4. The highest BCUT2D eigenvalue weighted by Gasteiger charge is 2.34. The van der Waals surface area contributed by atoms with Crippen molar-refractivity contribution >= 4 is 34.1 Å². The second kappa shape index (κ2) is 8.71. The zero-order valence-electron chi connectivity index (χ0n) is 15.9. The number of hydrogen-bond acceptors (Lipinski definition) is 6. The second-order valence-corrected chi connectivity index (χ2v) is 7.72. The van der Waals surface area contributed by atoms with E-state index in [1.165, 1.54) is 16.2 Å². The number of hydrogen-bond donors (Lipinski definition) is 2. The topological polar surface area (TPSA) is 111 Å². The van der Waals surface area contributed by atoms with Crippen LogP contribution < -0.4 is 10.6 Å². The summed E-state index contributed by atoms with van der Waals surface area (Å²) >= 11 is 1.29. The molecule has 0 bridgehead atoms. The van der Waals surface area contributed by atoms with Crippen LogP contribution in [0.1, 0.15) is 18.4 Å². The van der Waals surface area contributed by atoms with E-state index in [2.05, 4.69) is 20.8 Å². The lowest BCUT2D eigenvalue weighted by molar-refractivity contribution is -0.119. The zero-order chi connectivity index (χ0) is 20.9. The number of amides is 3. The molecule has 3 amide bonds. The fourth-order valence-electron chi connectivity index (χ4n) is 3.30. The van der Waals surface area contributed by atoms with Crippen LogP contribution in [0, 0.1) is 11.3 Å². The largest absolute Gasteiger partial charge is 0.322 e. The van der Waals surface area contributed by atoms with Gasteiger partial charge in [-0.2, -0.15) is 5.26 Å². The molecule has 150 valence electrons. The van der Waals surface area contributed by atoms with Crippen LogP contribution in [-0.2, 0) is 4.79 Å². The Hall–Kier alpha value is -3.77. The molecule has 0 radical (unpaired) electrons. The molecular formula is C21H18N6O2S. The van der Waals surface area contributed by atoms with Gasteiger partial charge in [-0.3, -0.25) is 10.1 Å². The minimum Gasteiger partial charge on any atom is -0.312 e. The summed E-state index contributed by atoms with van der Waals surface area (Å²) in [4.78, 5) is 27.0. The van der Waals surface area contributed by atoms with Gasteiger partial charge in [-0.05, 0) is 31.0 Å². The van der Waals surface area contributed by atoms with Crippen molar-refractivity contribution in [2.45, 2.75) is 18.9 Å². The van der Waals surface area contributed by atoms with Crippen molar-refractivity contribution in [3.05, 3.63) is 60.2 Å². The number of urea groups is 1. The van der Waals surface area contributed by atoms with Gasteiger partial charge in [0, 0.05) is 17.8 Å². The first-order valence-corrected chi connectivity index (χ1v) is 10.2. The Morgan fingerprint density at radius 3 is 2.73 bits per heavy atom. The number of likely N-dealkylation sites (tertiary alicyclic amines) is 1. The quantitative estimate of drug-likeness (QED) is 0.671. The molecule has 1 unspecified atom stereocenters. The summed E-state index contributed by atoms with van der Waals surface area (Å²) in [5, 5.41) is 23.8. The minimum absolute atomic E-state index is 0.288. The Bertz CT molecular complexity index is 1110. The van der Waals surface area contributed by atoms with Crippen LogP contribution in [0.2, 0.25) is 0 Å². The first-order chi connectivity index (χ1) is 14.6. The van der Waals surface area contributed by atoms with E-state index in [0.29, 0.717) is 34.4 Å².